The number of benzene rings is 3. The highest BCUT2D eigenvalue weighted by molar-refractivity contribution is 7.14. The first kappa shape index (κ1) is 30.2. The molecule has 0 saturated heterocycles. The fourth-order valence-electron chi connectivity index (χ4n) is 4.44. The topological polar surface area (TPSA) is 103 Å². The van der Waals surface area contributed by atoms with E-state index in [-0.39, 0.29) is 42.3 Å². The second-order valence-electron chi connectivity index (χ2n) is 9.14. The number of nitriles is 1. The molecule has 0 N–H and O–H groups in total. The van der Waals surface area contributed by atoms with Crippen LogP contribution in [0.4, 0.5) is 4.39 Å². The van der Waals surface area contributed by atoms with Crippen molar-refractivity contribution in [1.82, 2.24) is 0 Å². The number of nitrogens with zero attached hydrogens (tertiary/aromatic N) is 1. The maximum atomic E-state index is 14.2. The van der Waals surface area contributed by atoms with Gasteiger partial charge in [0.25, 0.3) is 0 Å². The molecular formula is C33H28FNO6S. The molecule has 3 aromatic carbocycles. The Labute approximate surface area is 246 Å². The van der Waals surface area contributed by atoms with Gasteiger partial charge in [0.05, 0.1) is 24.4 Å². The molecule has 7 nitrogen and oxygen atoms in total. The first-order valence-corrected chi connectivity index (χ1v) is 14.1. The van der Waals surface area contributed by atoms with Crippen LogP contribution in [0.3, 0.4) is 0 Å². The summed E-state index contributed by atoms with van der Waals surface area (Å²) in [6, 6.07) is 19.2. The highest BCUT2D eigenvalue weighted by Crippen LogP contribution is 2.33. The summed E-state index contributed by atoms with van der Waals surface area (Å²) in [6.45, 7) is 5.12. The lowest BCUT2D eigenvalue weighted by atomic mass is 9.98. The van der Waals surface area contributed by atoms with Gasteiger partial charge in [-0.25, -0.2) is 14.0 Å². The van der Waals surface area contributed by atoms with Crippen molar-refractivity contribution in [2.45, 2.75) is 33.8 Å². The molecule has 0 unspecified atom stereocenters. The molecule has 4 aromatic rings. The summed E-state index contributed by atoms with van der Waals surface area (Å²) >= 11 is 0.971. The first-order valence-electron chi connectivity index (χ1n) is 13.3. The molecule has 214 valence electrons. The lowest BCUT2D eigenvalue weighted by molar-refractivity contribution is -0.114. The van der Waals surface area contributed by atoms with E-state index >= 15 is 0 Å². The molecule has 0 amide bonds. The van der Waals surface area contributed by atoms with Gasteiger partial charge in [0, 0.05) is 22.4 Å². The van der Waals surface area contributed by atoms with E-state index in [0.717, 1.165) is 22.1 Å². The summed E-state index contributed by atoms with van der Waals surface area (Å²) in [4.78, 5) is 39.3. The number of ketones is 1. The Balaban J connectivity index is 1.74. The SMILES string of the molecule is CCOC(=O)c1sc(CC(=O)/C(C#N)=C/c2c(OCc3ccccc3F)ccc3ccccc23)c(C(=O)OCC)c1C. The van der Waals surface area contributed by atoms with Crippen molar-refractivity contribution in [3.05, 3.63) is 104 Å². The van der Waals surface area contributed by atoms with Crippen LogP contribution in [-0.2, 0) is 27.3 Å². The molecule has 9 heteroatoms. The second-order valence-corrected chi connectivity index (χ2v) is 10.2. The van der Waals surface area contributed by atoms with Gasteiger partial charge in [0.1, 0.15) is 29.1 Å². The molecule has 0 radical (unpaired) electrons. The maximum absolute atomic E-state index is 14.2. The van der Waals surface area contributed by atoms with E-state index in [9.17, 15) is 24.0 Å². The van der Waals surface area contributed by atoms with Crippen molar-refractivity contribution < 1.29 is 33.0 Å². The monoisotopic (exact) mass is 585 g/mol. The van der Waals surface area contributed by atoms with Gasteiger partial charge >= 0.3 is 11.9 Å². The van der Waals surface area contributed by atoms with Crippen LogP contribution in [0.25, 0.3) is 16.8 Å². The average molecular weight is 586 g/mol. The van der Waals surface area contributed by atoms with E-state index < -0.39 is 23.5 Å². The molecule has 1 aromatic heterocycles. The fourth-order valence-corrected chi connectivity index (χ4v) is 5.63. The van der Waals surface area contributed by atoms with Crippen LogP contribution in [-0.4, -0.2) is 30.9 Å². The molecular weight excluding hydrogens is 557 g/mol. The van der Waals surface area contributed by atoms with E-state index in [1.807, 2.05) is 36.4 Å². The van der Waals surface area contributed by atoms with Crippen LogP contribution in [0, 0.1) is 24.1 Å². The van der Waals surface area contributed by atoms with E-state index in [0.29, 0.717) is 27.3 Å². The van der Waals surface area contributed by atoms with Gasteiger partial charge < -0.3 is 14.2 Å². The zero-order valence-corrected chi connectivity index (χ0v) is 24.2. The van der Waals surface area contributed by atoms with Crippen LogP contribution < -0.4 is 4.74 Å². The molecule has 0 saturated carbocycles. The molecule has 4 rings (SSSR count). The Hall–Kier alpha value is -4.81. The Morgan fingerprint density at radius 1 is 0.952 bits per heavy atom. The number of carbonyl (C=O) groups excluding carboxylic acids is 3. The predicted molar refractivity (Wildman–Crippen MR) is 158 cm³/mol. The Morgan fingerprint density at radius 2 is 1.64 bits per heavy atom. The van der Waals surface area contributed by atoms with Gasteiger partial charge in [-0.05, 0) is 55.3 Å². The summed E-state index contributed by atoms with van der Waals surface area (Å²) in [5.74, 6) is -1.87. The van der Waals surface area contributed by atoms with Crippen LogP contribution in [0.2, 0.25) is 0 Å². The van der Waals surface area contributed by atoms with Crippen LogP contribution >= 0.6 is 11.3 Å². The van der Waals surface area contributed by atoms with Crippen LogP contribution in [0.5, 0.6) is 5.75 Å². The van der Waals surface area contributed by atoms with Gasteiger partial charge in [0.15, 0.2) is 5.78 Å². The molecule has 0 atom stereocenters. The van der Waals surface area contributed by atoms with Crippen molar-refractivity contribution >= 4 is 45.9 Å². The average Bonchev–Trinajstić information content (AvgIpc) is 3.31. The van der Waals surface area contributed by atoms with Gasteiger partial charge in [0.2, 0.25) is 0 Å². The highest BCUT2D eigenvalue weighted by atomic mass is 32.1. The minimum absolute atomic E-state index is 0.0598. The zero-order valence-electron chi connectivity index (χ0n) is 23.4. The van der Waals surface area contributed by atoms with Gasteiger partial charge in [-0.1, -0.05) is 48.5 Å². The number of Topliss-reactive ketones (excluding diaryl/α,β-unsaturated/α-hetero) is 1. The largest absolute Gasteiger partial charge is 0.488 e. The molecule has 0 aliphatic heterocycles. The van der Waals surface area contributed by atoms with Crippen LogP contribution in [0.1, 0.15) is 55.4 Å². The molecule has 0 fully saturated rings. The van der Waals surface area contributed by atoms with E-state index in [1.54, 1.807) is 45.0 Å². The standard InChI is InChI=1S/C33H28FNO6S/c1-4-39-32(37)30-20(3)31(33(38)40-5-2)42-29(30)17-27(36)23(18-35)16-25-24-12-8-6-10-21(24)14-15-28(25)41-19-22-11-7-9-13-26(22)34/h6-16H,4-5,17,19H2,1-3H3/b23-16+. The van der Waals surface area contributed by atoms with Crippen molar-refractivity contribution in [2.75, 3.05) is 13.2 Å². The number of carbonyl (C=O) groups is 3. The number of allylic oxidation sites excluding steroid dienone is 1. The molecule has 42 heavy (non-hydrogen) atoms. The summed E-state index contributed by atoms with van der Waals surface area (Å²) in [7, 11) is 0. The number of hydrogen-bond acceptors (Lipinski definition) is 8. The van der Waals surface area contributed by atoms with Crippen molar-refractivity contribution in [3.63, 3.8) is 0 Å². The number of fused-ring (bicyclic) bond motifs is 1. The summed E-state index contributed by atoms with van der Waals surface area (Å²) < 4.78 is 30.5. The summed E-state index contributed by atoms with van der Waals surface area (Å²) in [5, 5.41) is 11.6. The van der Waals surface area contributed by atoms with Crippen LogP contribution in [0.15, 0.2) is 66.2 Å². The van der Waals surface area contributed by atoms with E-state index in [2.05, 4.69) is 0 Å². The number of esters is 2. The number of hydrogen-bond donors (Lipinski definition) is 0. The van der Waals surface area contributed by atoms with Crippen molar-refractivity contribution in [2.24, 2.45) is 0 Å². The molecule has 0 aliphatic rings. The molecule has 1 heterocycles. The predicted octanol–water partition coefficient (Wildman–Crippen LogP) is 7.00. The zero-order chi connectivity index (χ0) is 30.2. The molecule has 0 bridgehead atoms. The first-order chi connectivity index (χ1) is 20.3. The third kappa shape index (κ3) is 6.56. The van der Waals surface area contributed by atoms with E-state index in [1.165, 1.54) is 12.1 Å². The van der Waals surface area contributed by atoms with Gasteiger partial charge in [-0.3, -0.25) is 4.79 Å². The third-order valence-corrected chi connectivity index (χ3v) is 7.73. The van der Waals surface area contributed by atoms with Crippen molar-refractivity contribution in [3.8, 4) is 11.8 Å². The third-order valence-electron chi connectivity index (χ3n) is 6.46. The highest BCUT2D eigenvalue weighted by Gasteiger charge is 2.28. The molecule has 0 aliphatic carbocycles. The Morgan fingerprint density at radius 3 is 2.36 bits per heavy atom. The lowest BCUT2D eigenvalue weighted by Gasteiger charge is -2.13. The summed E-state index contributed by atoms with van der Waals surface area (Å²) in [6.07, 6.45) is 1.13. The molecule has 0 spiro atoms. The second kappa shape index (κ2) is 13.7. The van der Waals surface area contributed by atoms with Crippen molar-refractivity contribution in [1.29, 1.82) is 5.26 Å². The van der Waals surface area contributed by atoms with Gasteiger partial charge in [-0.15, -0.1) is 11.3 Å². The maximum Gasteiger partial charge on any atom is 0.348 e. The smallest absolute Gasteiger partial charge is 0.348 e. The minimum atomic E-state index is -0.662. The quantitative estimate of drug-likeness (QED) is 0.106. The minimum Gasteiger partial charge on any atom is -0.488 e. The lowest BCUT2D eigenvalue weighted by Crippen LogP contribution is -2.12. The number of ether oxygens (including phenoxy) is 3. The Kier molecular flexibility index (Phi) is 9.84. The normalized spacial score (nSPS) is 11.2. The van der Waals surface area contributed by atoms with E-state index in [4.69, 9.17) is 14.2 Å². The number of rotatable bonds is 11. The number of thiophene rings is 1. The van der Waals surface area contributed by atoms with Gasteiger partial charge in [-0.2, -0.15) is 5.26 Å². The summed E-state index contributed by atoms with van der Waals surface area (Å²) in [5.41, 5.74) is 1.14. The Bertz CT molecular complexity index is 1730. The fraction of sp³-hybridized carbons (Fsp3) is 0.212. The number of halogens is 1.